The third-order valence-electron chi connectivity index (χ3n) is 10.7. The lowest BCUT2D eigenvalue weighted by Crippen LogP contribution is -2.60. The van der Waals surface area contributed by atoms with Gasteiger partial charge in [-0.25, -0.2) is 19.6 Å². The largest absolute Gasteiger partial charge is 0.453 e. The number of benzene rings is 2. The predicted molar refractivity (Wildman–Crippen MR) is 228 cm³/mol. The summed E-state index contributed by atoms with van der Waals surface area (Å²) in [5, 5.41) is 19.6. The van der Waals surface area contributed by atoms with Crippen LogP contribution in [0.5, 0.6) is 0 Å². The van der Waals surface area contributed by atoms with Crippen LogP contribution in [0, 0.1) is 11.3 Å². The van der Waals surface area contributed by atoms with Crippen molar-refractivity contribution in [2.24, 2.45) is 11.3 Å². The zero-order chi connectivity index (χ0) is 45.2. The van der Waals surface area contributed by atoms with Gasteiger partial charge in [-0.3, -0.25) is 20.0 Å². The number of carbonyl (C=O) groups excluding carboxylic acids is 4. The number of halogens is 3. The highest BCUT2D eigenvalue weighted by Gasteiger charge is 2.42. The van der Waals surface area contributed by atoms with Gasteiger partial charge in [0, 0.05) is 43.3 Å². The van der Waals surface area contributed by atoms with Gasteiger partial charge in [-0.2, -0.15) is 13.2 Å². The monoisotopic (exact) mass is 880 g/mol. The average Bonchev–Trinajstić information content (AvgIpc) is 3.86. The summed E-state index contributed by atoms with van der Waals surface area (Å²) in [5.41, 5.74) is 5.48. The Morgan fingerprint density at radius 2 is 1.65 bits per heavy atom. The van der Waals surface area contributed by atoms with Crippen LogP contribution in [0.4, 0.5) is 22.8 Å². The van der Waals surface area contributed by atoms with Crippen LogP contribution < -0.4 is 16.1 Å². The summed E-state index contributed by atoms with van der Waals surface area (Å²) in [5.74, 6) is -1.42. The van der Waals surface area contributed by atoms with Crippen LogP contribution in [-0.4, -0.2) is 105 Å². The summed E-state index contributed by atoms with van der Waals surface area (Å²) in [6.45, 7) is 9.19. The minimum absolute atomic E-state index is 0.101. The SMILES string of the molecule is CC[C@H](C)[C@@H](C(=O)N[C@@H](Cc1ccccc1)[C@@H](O)CN(Cc1ccc(-c2ccccn2)cc1)NC(=O)[C@@H](NC(=O)OC)C(C)(C)C)N1CCN(Cc2csc(C(F)(F)F)n2)C1=O. The van der Waals surface area contributed by atoms with Crippen LogP contribution in [-0.2, 0) is 40.0 Å². The number of urea groups is 1. The molecule has 1 fully saturated rings. The fourth-order valence-corrected chi connectivity index (χ4v) is 7.85. The maximum atomic E-state index is 14.5. The quantitative estimate of drug-likeness (QED) is 0.0843. The van der Waals surface area contributed by atoms with Gasteiger partial charge in [0.15, 0.2) is 5.01 Å². The molecule has 334 valence electrons. The standard InChI is InChI=1S/C44H55F3N8O6S/c1-7-28(2)36(55-22-21-53(42(55)60)25-32-27-62-40(49-32)44(45,46)47)38(57)50-34(23-29-13-9-8-10-14-29)35(56)26-54(52-39(58)37(43(3,4)5)51-41(59)61-6)24-30-16-18-31(19-17-30)33-15-11-12-20-48-33/h8-20,27-28,34-37,56H,7,21-26H2,1-6H3,(H,50,57)(H,51,59)(H,52,58)/t28-,34-,35-,36-,37+/m0/s1. The van der Waals surface area contributed by atoms with E-state index in [4.69, 9.17) is 4.74 Å². The summed E-state index contributed by atoms with van der Waals surface area (Å²) in [4.78, 5) is 65.5. The van der Waals surface area contributed by atoms with E-state index in [-0.39, 0.29) is 50.8 Å². The summed E-state index contributed by atoms with van der Waals surface area (Å²) < 4.78 is 44.5. The van der Waals surface area contributed by atoms with Gasteiger partial charge < -0.3 is 30.3 Å². The van der Waals surface area contributed by atoms with Gasteiger partial charge in [0.1, 0.15) is 12.1 Å². The molecule has 1 aliphatic heterocycles. The van der Waals surface area contributed by atoms with Crippen molar-refractivity contribution in [1.82, 2.24) is 40.8 Å². The van der Waals surface area contributed by atoms with Crippen molar-refractivity contribution in [3.05, 3.63) is 106 Å². The third-order valence-corrected chi connectivity index (χ3v) is 11.6. The van der Waals surface area contributed by atoms with Gasteiger partial charge in [-0.05, 0) is 41.0 Å². The number of ether oxygens (including phenoxy) is 1. The third kappa shape index (κ3) is 12.7. The molecular weight excluding hydrogens is 826 g/mol. The lowest BCUT2D eigenvalue weighted by Gasteiger charge is -2.36. The van der Waals surface area contributed by atoms with Gasteiger partial charge in [0.2, 0.25) is 5.91 Å². The first-order chi connectivity index (χ1) is 29.4. The Labute approximate surface area is 363 Å². The minimum Gasteiger partial charge on any atom is -0.453 e. The Kier molecular flexibility index (Phi) is 16.1. The fraction of sp³-hybridized carbons (Fsp3) is 0.455. The van der Waals surface area contributed by atoms with E-state index < -0.39 is 64.8 Å². The molecule has 5 amide bonds. The molecular formula is C44H55F3N8O6S. The van der Waals surface area contributed by atoms with Crippen molar-refractivity contribution in [3.63, 3.8) is 0 Å². The molecule has 5 rings (SSSR count). The molecule has 2 aromatic heterocycles. The van der Waals surface area contributed by atoms with E-state index in [2.05, 4.69) is 26.0 Å². The molecule has 0 spiro atoms. The van der Waals surface area contributed by atoms with Crippen molar-refractivity contribution in [1.29, 1.82) is 0 Å². The highest BCUT2D eigenvalue weighted by molar-refractivity contribution is 7.09. The lowest BCUT2D eigenvalue weighted by molar-refractivity contribution is -0.137. The Morgan fingerprint density at radius 3 is 2.24 bits per heavy atom. The average molecular weight is 881 g/mol. The topological polar surface area (TPSA) is 169 Å². The fourth-order valence-electron chi connectivity index (χ4n) is 7.17. The molecule has 14 nitrogen and oxygen atoms in total. The second-order valence-corrected chi connectivity index (χ2v) is 17.3. The van der Waals surface area contributed by atoms with Gasteiger partial charge in [-0.1, -0.05) is 102 Å². The number of alkyl carbamates (subject to hydrolysis) is 1. The highest BCUT2D eigenvalue weighted by atomic mass is 32.1. The molecule has 0 radical (unpaired) electrons. The maximum absolute atomic E-state index is 14.5. The van der Waals surface area contributed by atoms with E-state index in [9.17, 15) is 37.5 Å². The van der Waals surface area contributed by atoms with Crippen molar-refractivity contribution in [3.8, 4) is 11.3 Å². The molecule has 5 atom stereocenters. The van der Waals surface area contributed by atoms with E-state index in [0.717, 1.165) is 22.4 Å². The number of nitrogens with zero attached hydrogens (tertiary/aromatic N) is 5. The maximum Gasteiger partial charge on any atom is 0.443 e. The number of amides is 5. The van der Waals surface area contributed by atoms with Crippen molar-refractivity contribution in [2.75, 3.05) is 26.7 Å². The number of hydrogen-bond donors (Lipinski definition) is 4. The molecule has 0 aliphatic carbocycles. The van der Waals surface area contributed by atoms with Crippen LogP contribution in [0.25, 0.3) is 11.3 Å². The molecule has 2 aromatic carbocycles. The molecule has 1 saturated heterocycles. The highest BCUT2D eigenvalue weighted by Crippen LogP contribution is 2.32. The van der Waals surface area contributed by atoms with E-state index in [1.54, 1.807) is 27.0 Å². The molecule has 0 bridgehead atoms. The molecule has 0 saturated carbocycles. The van der Waals surface area contributed by atoms with Crippen LogP contribution in [0.15, 0.2) is 84.4 Å². The molecule has 0 unspecified atom stereocenters. The van der Waals surface area contributed by atoms with E-state index in [1.807, 2.05) is 86.6 Å². The second kappa shape index (κ2) is 21.0. The van der Waals surface area contributed by atoms with Gasteiger partial charge in [-0.15, -0.1) is 11.3 Å². The Balaban J connectivity index is 1.40. The number of aliphatic hydroxyl groups excluding tert-OH is 1. The number of nitrogens with one attached hydrogen (secondary N) is 3. The second-order valence-electron chi connectivity index (χ2n) is 16.4. The van der Waals surface area contributed by atoms with Gasteiger partial charge in [0.25, 0.3) is 5.91 Å². The number of aromatic nitrogens is 2. The van der Waals surface area contributed by atoms with Crippen LogP contribution in [0.1, 0.15) is 62.9 Å². The zero-order valence-electron chi connectivity index (χ0n) is 35.7. The number of carbonyl (C=O) groups is 4. The molecule has 4 N–H and O–H groups in total. The number of aliphatic hydroxyl groups is 1. The predicted octanol–water partition coefficient (Wildman–Crippen LogP) is 6.27. The van der Waals surface area contributed by atoms with Crippen LogP contribution in [0.2, 0.25) is 0 Å². The smallest absolute Gasteiger partial charge is 0.443 e. The van der Waals surface area contributed by atoms with Gasteiger partial charge >= 0.3 is 18.3 Å². The van der Waals surface area contributed by atoms with Crippen molar-refractivity contribution < 1.29 is 42.2 Å². The number of alkyl halides is 3. The van der Waals surface area contributed by atoms with Crippen LogP contribution in [0.3, 0.4) is 0 Å². The Bertz CT molecular complexity index is 2100. The number of methoxy groups -OCH3 is 1. The number of rotatable bonds is 18. The van der Waals surface area contributed by atoms with Gasteiger partial charge in [0.05, 0.1) is 37.2 Å². The first-order valence-corrected chi connectivity index (χ1v) is 21.3. The number of pyridine rings is 1. The van der Waals surface area contributed by atoms with E-state index >= 15 is 0 Å². The summed E-state index contributed by atoms with van der Waals surface area (Å²) in [6.07, 6.45) is -4.30. The number of hydrogen-bond acceptors (Lipinski definition) is 10. The molecule has 4 aromatic rings. The minimum atomic E-state index is -4.60. The first kappa shape index (κ1) is 47.5. The number of thiazole rings is 1. The molecule has 1 aliphatic rings. The molecule has 62 heavy (non-hydrogen) atoms. The number of hydrazine groups is 1. The van der Waals surface area contributed by atoms with E-state index in [0.29, 0.717) is 17.8 Å². The Morgan fingerprint density at radius 1 is 0.952 bits per heavy atom. The summed E-state index contributed by atoms with van der Waals surface area (Å²) >= 11 is 0.458. The lowest BCUT2D eigenvalue weighted by atomic mass is 9.86. The summed E-state index contributed by atoms with van der Waals surface area (Å²) in [7, 11) is 1.20. The Hall–Kier alpha value is -5.59. The first-order valence-electron chi connectivity index (χ1n) is 20.4. The van der Waals surface area contributed by atoms with Crippen LogP contribution >= 0.6 is 11.3 Å². The normalized spacial score (nSPS) is 15.8. The zero-order valence-corrected chi connectivity index (χ0v) is 36.5. The summed E-state index contributed by atoms with van der Waals surface area (Å²) in [6, 6.07) is 18.9. The molecule has 18 heteroatoms. The van der Waals surface area contributed by atoms with E-state index in [1.165, 1.54) is 27.3 Å². The van der Waals surface area contributed by atoms with Crippen molar-refractivity contribution >= 4 is 35.3 Å². The molecule has 3 heterocycles. The van der Waals surface area contributed by atoms with Crippen molar-refractivity contribution in [2.45, 2.75) is 91.0 Å².